The maximum absolute atomic E-state index is 6.97. The number of anilines is 6. The summed E-state index contributed by atoms with van der Waals surface area (Å²) in [5.41, 5.74) is 13.9. The highest BCUT2D eigenvalue weighted by Crippen LogP contribution is 2.52. The molecule has 0 atom stereocenters. The van der Waals surface area contributed by atoms with Gasteiger partial charge in [-0.25, -0.2) is 0 Å². The minimum Gasteiger partial charge on any atom is -0.458 e. The van der Waals surface area contributed by atoms with Crippen molar-refractivity contribution in [2.75, 3.05) is 9.80 Å². The molecule has 7 aromatic rings. The standard InChI is InChI=1S/C51H45BN2O3/c1-31(2)34-27-37(32(3)4)51(38(28-34)33(5)6)52-39-29-35(53-41-15-7-11-19-47(41)56-48-20-12-8-16-42(48)53)23-25-45(39)55-46-26-24-36(30-40(46)52)54-43-17-9-13-21-49(43)57-50-22-14-10-18-44(50)54/h7-33H,1-6H3. The number of fused-ring (bicyclic) bond motifs is 6. The van der Waals surface area contributed by atoms with Crippen LogP contribution in [0.2, 0.25) is 0 Å². The predicted molar refractivity (Wildman–Crippen MR) is 236 cm³/mol. The van der Waals surface area contributed by atoms with Crippen LogP contribution < -0.4 is 40.4 Å². The summed E-state index contributed by atoms with van der Waals surface area (Å²) in [6, 6.07) is 51.5. The SMILES string of the molecule is CC(C)c1cc(C(C)C)c(B2c3cc(N4c5ccccc5Oc5ccccc54)ccc3Oc3ccc(N4c5ccccc5Oc5ccccc54)cc32)c(C(C)C)c1. The van der Waals surface area contributed by atoms with Crippen molar-refractivity contribution >= 4 is 57.2 Å². The largest absolute Gasteiger partial charge is 0.458 e. The molecule has 0 N–H and O–H groups in total. The monoisotopic (exact) mass is 744 g/mol. The molecule has 10 rings (SSSR count). The Labute approximate surface area is 336 Å². The Morgan fingerprint density at radius 1 is 0.386 bits per heavy atom. The molecule has 0 bridgehead atoms. The zero-order chi connectivity index (χ0) is 38.9. The molecule has 5 nitrogen and oxygen atoms in total. The van der Waals surface area contributed by atoms with Gasteiger partial charge in [0.05, 0.1) is 22.7 Å². The summed E-state index contributed by atoms with van der Waals surface area (Å²) < 4.78 is 19.8. The molecular weight excluding hydrogens is 699 g/mol. The quantitative estimate of drug-likeness (QED) is 0.158. The van der Waals surface area contributed by atoms with Crippen molar-refractivity contribution in [3.05, 3.63) is 162 Å². The van der Waals surface area contributed by atoms with Gasteiger partial charge in [-0.05, 0) is 130 Å². The molecular formula is C51H45BN2O3. The maximum atomic E-state index is 6.97. The van der Waals surface area contributed by atoms with Crippen LogP contribution in [0.25, 0.3) is 0 Å². The molecule has 0 radical (unpaired) electrons. The highest BCUT2D eigenvalue weighted by atomic mass is 16.5. The Bertz CT molecular complexity index is 2430. The molecule has 0 saturated carbocycles. The van der Waals surface area contributed by atoms with Crippen LogP contribution in [0.15, 0.2) is 146 Å². The first kappa shape index (κ1) is 35.0. The fourth-order valence-electron chi connectivity index (χ4n) is 8.89. The summed E-state index contributed by atoms with van der Waals surface area (Å²) in [5, 5.41) is 0. The van der Waals surface area contributed by atoms with Crippen LogP contribution >= 0.6 is 0 Å². The Kier molecular flexibility index (Phi) is 8.40. The minimum atomic E-state index is -0.113. The highest BCUT2D eigenvalue weighted by molar-refractivity contribution is 6.97. The molecule has 57 heavy (non-hydrogen) atoms. The normalized spacial score (nSPS) is 13.5. The summed E-state index contributed by atoms with van der Waals surface area (Å²) in [4.78, 5) is 4.65. The summed E-state index contributed by atoms with van der Waals surface area (Å²) in [7, 11) is 0. The number of rotatable bonds is 6. The number of benzene rings is 7. The van der Waals surface area contributed by atoms with Crippen LogP contribution in [0.3, 0.4) is 0 Å². The molecule has 280 valence electrons. The van der Waals surface area contributed by atoms with Crippen molar-refractivity contribution in [1.29, 1.82) is 0 Å². The van der Waals surface area contributed by atoms with E-state index in [0.29, 0.717) is 17.8 Å². The van der Waals surface area contributed by atoms with Gasteiger partial charge in [-0.2, -0.15) is 0 Å². The van der Waals surface area contributed by atoms with Crippen molar-refractivity contribution in [2.45, 2.75) is 59.3 Å². The smallest absolute Gasteiger partial charge is 0.251 e. The average molecular weight is 745 g/mol. The highest BCUT2D eigenvalue weighted by Gasteiger charge is 2.39. The van der Waals surface area contributed by atoms with E-state index in [1.807, 2.05) is 48.5 Å². The van der Waals surface area contributed by atoms with E-state index in [9.17, 15) is 0 Å². The van der Waals surface area contributed by atoms with Gasteiger partial charge in [0.25, 0.3) is 6.71 Å². The summed E-state index contributed by atoms with van der Waals surface area (Å²) in [6.07, 6.45) is 0. The predicted octanol–water partition coefficient (Wildman–Crippen LogP) is 12.8. The molecule has 0 aromatic heterocycles. The average Bonchev–Trinajstić information content (AvgIpc) is 3.23. The van der Waals surface area contributed by atoms with E-state index >= 15 is 0 Å². The number of nitrogens with zero attached hydrogens (tertiary/aromatic N) is 2. The fourth-order valence-corrected chi connectivity index (χ4v) is 8.89. The molecule has 0 amide bonds. The van der Waals surface area contributed by atoms with Crippen LogP contribution in [0.4, 0.5) is 34.1 Å². The molecule has 7 aromatic carbocycles. The first-order chi connectivity index (χ1) is 27.7. The van der Waals surface area contributed by atoms with Crippen molar-refractivity contribution < 1.29 is 14.2 Å². The molecule has 0 spiro atoms. The molecule has 3 heterocycles. The van der Waals surface area contributed by atoms with Gasteiger partial charge in [-0.3, -0.25) is 0 Å². The molecule has 3 aliphatic heterocycles. The van der Waals surface area contributed by atoms with Crippen LogP contribution in [0.5, 0.6) is 34.5 Å². The molecule has 0 fully saturated rings. The minimum absolute atomic E-state index is 0.113. The van der Waals surface area contributed by atoms with Gasteiger partial charge in [-0.15, -0.1) is 0 Å². The molecule has 0 saturated heterocycles. The van der Waals surface area contributed by atoms with E-state index in [4.69, 9.17) is 14.2 Å². The van der Waals surface area contributed by atoms with Gasteiger partial charge >= 0.3 is 0 Å². The van der Waals surface area contributed by atoms with Gasteiger partial charge in [-0.1, -0.05) is 108 Å². The summed E-state index contributed by atoms with van der Waals surface area (Å²) in [6.45, 7) is 13.8. The fraction of sp³-hybridized carbons (Fsp3) is 0.176. The second-order valence-electron chi connectivity index (χ2n) is 16.3. The van der Waals surface area contributed by atoms with Gasteiger partial charge < -0.3 is 24.0 Å². The molecule has 0 unspecified atom stereocenters. The van der Waals surface area contributed by atoms with E-state index in [0.717, 1.165) is 79.5 Å². The number of ether oxygens (including phenoxy) is 3. The van der Waals surface area contributed by atoms with E-state index in [1.54, 1.807) is 0 Å². The van der Waals surface area contributed by atoms with Crippen LogP contribution in [0.1, 0.15) is 76.0 Å². The van der Waals surface area contributed by atoms with Crippen molar-refractivity contribution in [3.63, 3.8) is 0 Å². The van der Waals surface area contributed by atoms with E-state index in [2.05, 4.69) is 148 Å². The van der Waals surface area contributed by atoms with E-state index in [-0.39, 0.29) is 6.71 Å². The molecule has 0 aliphatic carbocycles. The summed E-state index contributed by atoms with van der Waals surface area (Å²) in [5.74, 6) is 6.07. The van der Waals surface area contributed by atoms with Gasteiger partial charge in [0, 0.05) is 11.4 Å². The maximum Gasteiger partial charge on any atom is 0.251 e. The van der Waals surface area contributed by atoms with E-state index in [1.165, 1.54) is 22.2 Å². The zero-order valence-electron chi connectivity index (χ0n) is 33.3. The van der Waals surface area contributed by atoms with Crippen molar-refractivity contribution in [1.82, 2.24) is 0 Å². The molecule has 3 aliphatic rings. The van der Waals surface area contributed by atoms with Crippen molar-refractivity contribution in [2.24, 2.45) is 0 Å². The Morgan fingerprint density at radius 2 is 0.737 bits per heavy atom. The Morgan fingerprint density at radius 3 is 1.09 bits per heavy atom. The lowest BCUT2D eigenvalue weighted by Gasteiger charge is -2.36. The Hall–Kier alpha value is -6.40. The third-order valence-electron chi connectivity index (χ3n) is 11.7. The number of hydrogen-bond donors (Lipinski definition) is 0. The van der Waals surface area contributed by atoms with Gasteiger partial charge in [0.15, 0.2) is 23.0 Å². The zero-order valence-corrected chi connectivity index (χ0v) is 33.3. The third-order valence-corrected chi connectivity index (χ3v) is 11.7. The number of para-hydroxylation sites is 8. The van der Waals surface area contributed by atoms with Crippen LogP contribution in [-0.4, -0.2) is 6.71 Å². The van der Waals surface area contributed by atoms with E-state index < -0.39 is 0 Å². The summed E-state index contributed by atoms with van der Waals surface area (Å²) >= 11 is 0. The van der Waals surface area contributed by atoms with Gasteiger partial charge in [0.1, 0.15) is 11.5 Å². The number of hydrogen-bond acceptors (Lipinski definition) is 5. The third kappa shape index (κ3) is 5.77. The second-order valence-corrected chi connectivity index (χ2v) is 16.3. The molecule has 6 heteroatoms. The lowest BCUT2D eigenvalue weighted by Crippen LogP contribution is -2.57. The lowest BCUT2D eigenvalue weighted by molar-refractivity contribution is 0.477. The lowest BCUT2D eigenvalue weighted by atomic mass is 9.33. The van der Waals surface area contributed by atoms with Crippen LogP contribution in [0, 0.1) is 0 Å². The first-order valence-electron chi connectivity index (χ1n) is 20.2. The van der Waals surface area contributed by atoms with Gasteiger partial charge in [0.2, 0.25) is 0 Å². The van der Waals surface area contributed by atoms with Crippen LogP contribution in [-0.2, 0) is 0 Å². The topological polar surface area (TPSA) is 34.2 Å². The van der Waals surface area contributed by atoms with Crippen molar-refractivity contribution in [3.8, 4) is 34.5 Å². The Balaban J connectivity index is 1.24. The second kappa shape index (κ2) is 13.7. The first-order valence-corrected chi connectivity index (χ1v) is 20.2.